The lowest BCUT2D eigenvalue weighted by Crippen LogP contribution is -2.41. The van der Waals surface area contributed by atoms with Gasteiger partial charge in [-0.05, 0) is 31.2 Å². The van der Waals surface area contributed by atoms with E-state index in [1.54, 1.807) is 18.4 Å². The first-order valence-electron chi connectivity index (χ1n) is 8.10. The number of hydrogen-bond acceptors (Lipinski definition) is 6. The van der Waals surface area contributed by atoms with Crippen molar-refractivity contribution in [2.75, 3.05) is 25.1 Å². The summed E-state index contributed by atoms with van der Waals surface area (Å²) in [4.78, 5) is 24.5. The Balaban J connectivity index is 1.53. The Kier molecular flexibility index (Phi) is 5.30. The highest BCUT2D eigenvalue weighted by Crippen LogP contribution is 2.23. The Hall–Kier alpha value is -2.15. The molecule has 1 aliphatic heterocycles. The molecule has 0 spiro atoms. The minimum Gasteiger partial charge on any atom is -0.481 e. The summed E-state index contributed by atoms with van der Waals surface area (Å²) in [5.74, 6) is 1.47. The number of carbonyl (C=O) groups is 1. The molecule has 2 aromatic heterocycles. The standard InChI is InChI=1S/C17H22N4O2S/c1-12-10-15(23-2)20-17(19-12)21-7-5-13(6-8-21)16(22)18-11-14-4-3-9-24-14/h3-4,9-10,13H,5-8,11H2,1-2H3,(H,18,22). The van der Waals surface area contributed by atoms with Crippen LogP contribution in [0, 0.1) is 12.8 Å². The smallest absolute Gasteiger partial charge is 0.228 e. The van der Waals surface area contributed by atoms with Gasteiger partial charge in [-0.1, -0.05) is 6.07 Å². The zero-order valence-electron chi connectivity index (χ0n) is 14.0. The molecule has 6 nitrogen and oxygen atoms in total. The molecule has 0 atom stereocenters. The summed E-state index contributed by atoms with van der Waals surface area (Å²) >= 11 is 1.66. The molecule has 0 bridgehead atoms. The van der Waals surface area contributed by atoms with Crippen molar-refractivity contribution in [3.8, 4) is 5.88 Å². The van der Waals surface area contributed by atoms with E-state index < -0.39 is 0 Å². The summed E-state index contributed by atoms with van der Waals surface area (Å²) in [6.45, 7) is 4.11. The number of anilines is 1. The average Bonchev–Trinajstić information content (AvgIpc) is 3.12. The van der Waals surface area contributed by atoms with Gasteiger partial charge < -0.3 is 15.0 Å². The monoisotopic (exact) mass is 346 g/mol. The summed E-state index contributed by atoms with van der Waals surface area (Å²) in [6.07, 6.45) is 1.63. The predicted molar refractivity (Wildman–Crippen MR) is 94.4 cm³/mol. The lowest BCUT2D eigenvalue weighted by atomic mass is 9.96. The highest BCUT2D eigenvalue weighted by Gasteiger charge is 2.26. The van der Waals surface area contributed by atoms with Crippen LogP contribution in [0.2, 0.25) is 0 Å². The number of thiophene rings is 1. The van der Waals surface area contributed by atoms with Crippen LogP contribution >= 0.6 is 11.3 Å². The molecular formula is C17H22N4O2S. The van der Waals surface area contributed by atoms with Crippen molar-refractivity contribution >= 4 is 23.2 Å². The largest absolute Gasteiger partial charge is 0.481 e. The lowest BCUT2D eigenvalue weighted by Gasteiger charge is -2.31. The number of rotatable bonds is 5. The van der Waals surface area contributed by atoms with Crippen LogP contribution in [0.5, 0.6) is 5.88 Å². The fourth-order valence-electron chi connectivity index (χ4n) is 2.84. The Morgan fingerprint density at radius 1 is 1.42 bits per heavy atom. The van der Waals surface area contributed by atoms with Gasteiger partial charge in [0.1, 0.15) is 0 Å². The zero-order valence-corrected chi connectivity index (χ0v) is 14.8. The predicted octanol–water partition coefficient (Wildman–Crippen LogP) is 2.39. The number of aromatic nitrogens is 2. The Bertz CT molecular complexity index is 682. The highest BCUT2D eigenvalue weighted by atomic mass is 32.1. The first-order valence-corrected chi connectivity index (χ1v) is 8.98. The van der Waals surface area contributed by atoms with Gasteiger partial charge in [0.15, 0.2) is 0 Å². The molecule has 0 aliphatic carbocycles. The van der Waals surface area contributed by atoms with Crippen LogP contribution in [0.25, 0.3) is 0 Å². The van der Waals surface area contributed by atoms with Gasteiger partial charge in [0.2, 0.25) is 17.7 Å². The molecule has 1 N–H and O–H groups in total. The molecule has 0 saturated carbocycles. The first kappa shape index (κ1) is 16.7. The topological polar surface area (TPSA) is 67.3 Å². The van der Waals surface area contributed by atoms with Gasteiger partial charge in [-0.25, -0.2) is 4.98 Å². The van der Waals surface area contributed by atoms with E-state index in [9.17, 15) is 4.79 Å². The second kappa shape index (κ2) is 7.61. The van der Waals surface area contributed by atoms with Crippen LogP contribution in [0.3, 0.4) is 0 Å². The summed E-state index contributed by atoms with van der Waals surface area (Å²) in [6, 6.07) is 5.85. The molecule has 3 heterocycles. The van der Waals surface area contributed by atoms with Gasteiger partial charge in [-0.15, -0.1) is 11.3 Å². The number of ether oxygens (including phenoxy) is 1. The number of nitrogens with one attached hydrogen (secondary N) is 1. The SMILES string of the molecule is COc1cc(C)nc(N2CCC(C(=O)NCc3cccs3)CC2)n1. The Morgan fingerprint density at radius 3 is 2.88 bits per heavy atom. The van der Waals surface area contributed by atoms with Crippen molar-refractivity contribution in [3.05, 3.63) is 34.2 Å². The van der Waals surface area contributed by atoms with Crippen molar-refractivity contribution in [2.45, 2.75) is 26.3 Å². The highest BCUT2D eigenvalue weighted by molar-refractivity contribution is 7.09. The first-order chi connectivity index (χ1) is 11.7. The molecule has 128 valence electrons. The minimum absolute atomic E-state index is 0.0629. The maximum atomic E-state index is 12.3. The third-order valence-corrected chi connectivity index (χ3v) is 5.07. The number of methoxy groups -OCH3 is 1. The van der Waals surface area contributed by atoms with Gasteiger partial charge in [0, 0.05) is 35.6 Å². The second-order valence-electron chi connectivity index (χ2n) is 5.91. The van der Waals surface area contributed by atoms with Gasteiger partial charge in [0.25, 0.3) is 0 Å². The molecule has 3 rings (SSSR count). The van der Waals surface area contributed by atoms with E-state index in [-0.39, 0.29) is 11.8 Å². The molecule has 1 amide bonds. The summed E-state index contributed by atoms with van der Waals surface area (Å²) in [7, 11) is 1.61. The summed E-state index contributed by atoms with van der Waals surface area (Å²) in [5.41, 5.74) is 0.882. The van der Waals surface area contributed by atoms with Gasteiger partial charge in [-0.2, -0.15) is 4.98 Å². The van der Waals surface area contributed by atoms with Crippen LogP contribution in [0.15, 0.2) is 23.6 Å². The molecule has 2 aromatic rings. The molecule has 1 fully saturated rings. The lowest BCUT2D eigenvalue weighted by molar-refractivity contribution is -0.125. The number of amides is 1. The third-order valence-electron chi connectivity index (χ3n) is 4.19. The molecule has 7 heteroatoms. The van der Waals surface area contributed by atoms with Gasteiger partial charge in [0.05, 0.1) is 13.7 Å². The molecule has 0 unspecified atom stereocenters. The Morgan fingerprint density at radius 2 is 2.21 bits per heavy atom. The van der Waals surface area contributed by atoms with Crippen molar-refractivity contribution < 1.29 is 9.53 Å². The minimum atomic E-state index is 0.0629. The van der Waals surface area contributed by atoms with Crippen LogP contribution in [-0.2, 0) is 11.3 Å². The van der Waals surface area contributed by atoms with Crippen molar-refractivity contribution in [3.63, 3.8) is 0 Å². The number of carbonyl (C=O) groups excluding carboxylic acids is 1. The maximum absolute atomic E-state index is 12.3. The summed E-state index contributed by atoms with van der Waals surface area (Å²) in [5, 5.41) is 5.06. The van der Waals surface area contributed by atoms with Crippen LogP contribution in [-0.4, -0.2) is 36.1 Å². The molecular weight excluding hydrogens is 324 g/mol. The number of piperidine rings is 1. The van der Waals surface area contributed by atoms with E-state index in [1.807, 2.05) is 30.5 Å². The average molecular weight is 346 g/mol. The number of aryl methyl sites for hydroxylation is 1. The second-order valence-corrected chi connectivity index (χ2v) is 6.94. The Labute approximate surface area is 145 Å². The fraction of sp³-hybridized carbons (Fsp3) is 0.471. The number of nitrogens with zero attached hydrogens (tertiary/aromatic N) is 3. The number of hydrogen-bond donors (Lipinski definition) is 1. The van der Waals surface area contributed by atoms with E-state index in [1.165, 1.54) is 4.88 Å². The molecule has 0 aromatic carbocycles. The summed E-state index contributed by atoms with van der Waals surface area (Å²) < 4.78 is 5.21. The zero-order chi connectivity index (χ0) is 16.9. The van der Waals surface area contributed by atoms with Gasteiger partial charge in [-0.3, -0.25) is 4.79 Å². The quantitative estimate of drug-likeness (QED) is 0.900. The fourth-order valence-corrected chi connectivity index (χ4v) is 3.49. The molecule has 1 saturated heterocycles. The molecule has 0 radical (unpaired) electrons. The van der Waals surface area contributed by atoms with Crippen LogP contribution in [0.4, 0.5) is 5.95 Å². The van der Waals surface area contributed by atoms with Crippen molar-refractivity contribution in [1.29, 1.82) is 0 Å². The van der Waals surface area contributed by atoms with E-state index in [0.717, 1.165) is 31.6 Å². The van der Waals surface area contributed by atoms with Gasteiger partial charge >= 0.3 is 0 Å². The molecule has 24 heavy (non-hydrogen) atoms. The van der Waals surface area contributed by atoms with Crippen LogP contribution in [0.1, 0.15) is 23.4 Å². The third kappa shape index (κ3) is 4.03. The van der Waals surface area contributed by atoms with Crippen molar-refractivity contribution in [2.24, 2.45) is 5.92 Å². The maximum Gasteiger partial charge on any atom is 0.228 e. The van der Waals surface area contributed by atoms with Crippen molar-refractivity contribution in [1.82, 2.24) is 15.3 Å². The van der Waals surface area contributed by atoms with E-state index in [2.05, 4.69) is 20.2 Å². The van der Waals surface area contributed by atoms with E-state index in [4.69, 9.17) is 4.74 Å². The van der Waals surface area contributed by atoms with E-state index in [0.29, 0.717) is 18.4 Å². The molecule has 1 aliphatic rings. The van der Waals surface area contributed by atoms with Crippen LogP contribution < -0.4 is 15.0 Å². The van der Waals surface area contributed by atoms with E-state index >= 15 is 0 Å². The normalized spacial score (nSPS) is 15.3.